The summed E-state index contributed by atoms with van der Waals surface area (Å²) in [5, 5.41) is 8.82. The van der Waals surface area contributed by atoms with Crippen molar-refractivity contribution in [2.45, 2.75) is 206 Å². The summed E-state index contributed by atoms with van der Waals surface area (Å²) in [5.41, 5.74) is 5.29. The summed E-state index contributed by atoms with van der Waals surface area (Å²) in [5.74, 6) is -2.39. The summed E-state index contributed by atoms with van der Waals surface area (Å²) >= 11 is 0. The zero-order valence-corrected chi connectivity index (χ0v) is 32.7. The fourth-order valence-corrected chi connectivity index (χ4v) is 6.43. The summed E-state index contributed by atoms with van der Waals surface area (Å²) in [6.07, 6.45) is 31.1. The molecule has 0 aliphatic heterocycles. The lowest BCUT2D eigenvalue weighted by atomic mass is 10.0. The van der Waals surface area contributed by atoms with Gasteiger partial charge < -0.3 is 25.2 Å². The maximum Gasteiger partial charge on any atom is 0.472 e. The van der Waals surface area contributed by atoms with Crippen LogP contribution in [-0.2, 0) is 37.5 Å². The number of ether oxygens (including phenoxy) is 2. The zero-order chi connectivity index (χ0) is 37.1. The predicted octanol–water partition coefficient (Wildman–Crippen LogP) is 9.95. The van der Waals surface area contributed by atoms with Gasteiger partial charge in [-0.3, -0.25) is 23.4 Å². The first kappa shape index (κ1) is 48.5. The van der Waals surface area contributed by atoms with Gasteiger partial charge in [0.2, 0.25) is 0 Å². The number of aliphatic carboxylic acids is 1. The van der Waals surface area contributed by atoms with Crippen molar-refractivity contribution in [3.05, 3.63) is 0 Å². The van der Waals surface area contributed by atoms with Crippen LogP contribution in [0.4, 0.5) is 0 Å². The first-order valence-corrected chi connectivity index (χ1v) is 21.6. The number of carbonyl (C=O) groups is 3. The van der Waals surface area contributed by atoms with Gasteiger partial charge in [0.1, 0.15) is 12.6 Å². The molecule has 3 atom stereocenters. The standard InChI is InChI=1S/C38H74NO10P/c1-3-5-7-9-10-11-12-13-14-15-16-17-18-19-20-21-22-23-24-25-26-28-30-37(41)49-34(31-46-36(40)29-27-8-6-4-2)32-47-50(44,45)48-33-35(39)38(42)43/h34-35H,3-33,39H2,1-2H3,(H,42,43)(H,44,45). The first-order valence-electron chi connectivity index (χ1n) is 20.1. The van der Waals surface area contributed by atoms with Gasteiger partial charge in [0.25, 0.3) is 0 Å². The number of phosphoric acid groups is 1. The van der Waals surface area contributed by atoms with Crippen molar-refractivity contribution in [3.63, 3.8) is 0 Å². The third-order valence-corrected chi connectivity index (χ3v) is 9.81. The lowest BCUT2D eigenvalue weighted by molar-refractivity contribution is -0.161. The lowest BCUT2D eigenvalue weighted by Gasteiger charge is -2.20. The van der Waals surface area contributed by atoms with Crippen molar-refractivity contribution in [1.29, 1.82) is 0 Å². The average molecular weight is 736 g/mol. The van der Waals surface area contributed by atoms with Crippen LogP contribution in [0.3, 0.4) is 0 Å². The summed E-state index contributed by atoms with van der Waals surface area (Å²) in [6, 6.07) is -1.51. The smallest absolute Gasteiger partial charge is 0.472 e. The van der Waals surface area contributed by atoms with Crippen molar-refractivity contribution >= 4 is 25.7 Å². The highest BCUT2D eigenvalue weighted by Crippen LogP contribution is 2.43. The van der Waals surface area contributed by atoms with Crippen LogP contribution in [0.5, 0.6) is 0 Å². The third kappa shape index (κ3) is 33.6. The van der Waals surface area contributed by atoms with Crippen molar-refractivity contribution in [3.8, 4) is 0 Å². The number of rotatable bonds is 38. The van der Waals surface area contributed by atoms with E-state index in [0.717, 1.165) is 38.5 Å². The first-order chi connectivity index (χ1) is 24.1. The van der Waals surface area contributed by atoms with Crippen molar-refractivity contribution in [1.82, 2.24) is 0 Å². The van der Waals surface area contributed by atoms with Crippen LogP contribution >= 0.6 is 7.82 Å². The topological polar surface area (TPSA) is 172 Å². The number of carboxylic acids is 1. The van der Waals surface area contributed by atoms with E-state index in [-0.39, 0.29) is 19.4 Å². The second-order valence-electron chi connectivity index (χ2n) is 13.8. The van der Waals surface area contributed by atoms with Crippen LogP contribution in [0.25, 0.3) is 0 Å². The van der Waals surface area contributed by atoms with Crippen LogP contribution in [0.15, 0.2) is 0 Å². The number of nitrogens with two attached hydrogens (primary N) is 1. The van der Waals surface area contributed by atoms with Crippen LogP contribution < -0.4 is 5.73 Å². The van der Waals surface area contributed by atoms with Crippen LogP contribution in [0.2, 0.25) is 0 Å². The van der Waals surface area contributed by atoms with Gasteiger partial charge in [0.15, 0.2) is 6.10 Å². The molecule has 0 aliphatic rings. The maximum absolute atomic E-state index is 12.5. The molecule has 0 bridgehead atoms. The molecule has 0 aromatic carbocycles. The van der Waals surface area contributed by atoms with E-state index in [2.05, 4.69) is 18.4 Å². The fourth-order valence-electron chi connectivity index (χ4n) is 5.65. The Kier molecular flexibility index (Phi) is 33.5. The molecule has 3 unspecified atom stereocenters. The molecule has 0 fully saturated rings. The van der Waals surface area contributed by atoms with Crippen molar-refractivity contribution in [2.75, 3.05) is 19.8 Å². The molecule has 0 aromatic heterocycles. The normalized spacial score (nSPS) is 13.8. The Hall–Kier alpha value is -1.52. The number of hydrogen-bond donors (Lipinski definition) is 3. The maximum atomic E-state index is 12.5. The Morgan fingerprint density at radius 2 is 0.880 bits per heavy atom. The van der Waals surface area contributed by atoms with Gasteiger partial charge >= 0.3 is 25.7 Å². The monoisotopic (exact) mass is 736 g/mol. The fraction of sp³-hybridized carbons (Fsp3) is 0.921. The molecule has 0 rings (SSSR count). The van der Waals surface area contributed by atoms with Gasteiger partial charge in [-0.25, -0.2) is 4.57 Å². The molecule has 0 radical (unpaired) electrons. The minimum atomic E-state index is -4.69. The van der Waals surface area contributed by atoms with Gasteiger partial charge in [0.05, 0.1) is 13.2 Å². The quantitative estimate of drug-likeness (QED) is 0.0313. The Morgan fingerprint density at radius 1 is 0.540 bits per heavy atom. The highest BCUT2D eigenvalue weighted by molar-refractivity contribution is 7.47. The van der Waals surface area contributed by atoms with E-state index in [4.69, 9.17) is 24.8 Å². The second kappa shape index (κ2) is 34.6. The number of phosphoric ester groups is 1. The SMILES string of the molecule is CCCCCCCCCCCCCCCCCCCCCCCCC(=O)OC(COC(=O)CCCCCC)COP(=O)(O)OCC(N)C(=O)O. The van der Waals surface area contributed by atoms with Gasteiger partial charge in [-0.15, -0.1) is 0 Å². The van der Waals surface area contributed by atoms with E-state index >= 15 is 0 Å². The number of unbranched alkanes of at least 4 members (excludes halogenated alkanes) is 24. The Bertz CT molecular complexity index is 875. The molecule has 0 saturated carbocycles. The lowest BCUT2D eigenvalue weighted by Crippen LogP contribution is -2.34. The van der Waals surface area contributed by atoms with Gasteiger partial charge in [-0.1, -0.05) is 168 Å². The van der Waals surface area contributed by atoms with Crippen LogP contribution in [0, 0.1) is 0 Å². The van der Waals surface area contributed by atoms with E-state index in [0.29, 0.717) is 12.8 Å². The number of carboxylic acid groups (broad SMARTS) is 1. The highest BCUT2D eigenvalue weighted by atomic mass is 31.2. The van der Waals surface area contributed by atoms with E-state index in [9.17, 15) is 23.8 Å². The Balaban J connectivity index is 4.04. The van der Waals surface area contributed by atoms with Crippen molar-refractivity contribution < 1.29 is 47.5 Å². The van der Waals surface area contributed by atoms with Gasteiger partial charge in [-0.2, -0.15) is 0 Å². The summed E-state index contributed by atoms with van der Waals surface area (Å²) in [4.78, 5) is 45.3. The summed E-state index contributed by atoms with van der Waals surface area (Å²) < 4.78 is 32.3. The third-order valence-electron chi connectivity index (χ3n) is 8.86. The molecule has 296 valence electrons. The summed E-state index contributed by atoms with van der Waals surface area (Å²) in [7, 11) is -4.69. The van der Waals surface area contributed by atoms with Crippen LogP contribution in [0.1, 0.15) is 194 Å². The highest BCUT2D eigenvalue weighted by Gasteiger charge is 2.28. The predicted molar refractivity (Wildman–Crippen MR) is 199 cm³/mol. The van der Waals surface area contributed by atoms with Crippen LogP contribution in [-0.4, -0.2) is 59.9 Å². The minimum absolute atomic E-state index is 0.168. The zero-order valence-electron chi connectivity index (χ0n) is 31.8. The molecule has 12 heteroatoms. The van der Waals surface area contributed by atoms with E-state index in [1.165, 1.54) is 116 Å². The molecule has 50 heavy (non-hydrogen) atoms. The Labute approximate surface area is 304 Å². The molecule has 0 spiro atoms. The molecule has 4 N–H and O–H groups in total. The van der Waals surface area contributed by atoms with E-state index < -0.39 is 51.1 Å². The molecular formula is C38H74NO10P. The van der Waals surface area contributed by atoms with Gasteiger partial charge in [-0.05, 0) is 12.8 Å². The van der Waals surface area contributed by atoms with Gasteiger partial charge in [0, 0.05) is 12.8 Å². The largest absolute Gasteiger partial charge is 0.480 e. The molecule has 0 amide bonds. The van der Waals surface area contributed by atoms with E-state index in [1.807, 2.05) is 0 Å². The summed E-state index contributed by atoms with van der Waals surface area (Å²) in [6.45, 7) is 2.67. The average Bonchev–Trinajstić information content (AvgIpc) is 3.09. The molecule has 11 nitrogen and oxygen atoms in total. The second-order valence-corrected chi connectivity index (χ2v) is 15.2. The molecule has 0 saturated heterocycles. The number of hydrogen-bond acceptors (Lipinski definition) is 9. The molecule has 0 aromatic rings. The van der Waals surface area contributed by atoms with E-state index in [1.54, 1.807) is 0 Å². The minimum Gasteiger partial charge on any atom is -0.480 e. The number of esters is 2. The Morgan fingerprint density at radius 3 is 1.28 bits per heavy atom. The molecule has 0 aliphatic carbocycles. The molecular weight excluding hydrogens is 661 g/mol. The van der Waals surface area contributed by atoms with Crippen molar-refractivity contribution in [2.24, 2.45) is 5.73 Å². The molecule has 0 heterocycles. The number of carbonyl (C=O) groups excluding carboxylic acids is 2.